The molecule has 0 aliphatic heterocycles. The van der Waals surface area contributed by atoms with Gasteiger partial charge in [0.05, 0.1) is 24.4 Å². The number of hydrogen-bond acceptors (Lipinski definition) is 9. The summed E-state index contributed by atoms with van der Waals surface area (Å²) in [6.07, 6.45) is 0.752. The minimum atomic E-state index is -1.55. The lowest BCUT2D eigenvalue weighted by molar-refractivity contribution is 0.0896. The highest BCUT2D eigenvalue weighted by molar-refractivity contribution is 5.94. The van der Waals surface area contributed by atoms with E-state index in [4.69, 9.17) is 4.42 Å². The average molecular weight is 674 g/mol. The number of nitrogens with one attached hydrogen (secondary N) is 3. The number of pyridine rings is 1. The van der Waals surface area contributed by atoms with Crippen molar-refractivity contribution in [2.75, 3.05) is 26.7 Å². The molecule has 6 aromatic rings. The van der Waals surface area contributed by atoms with E-state index in [0.717, 1.165) is 5.56 Å². The predicted octanol–water partition coefficient (Wildman–Crippen LogP) is 4.19. The number of fused-ring (bicyclic) bond motifs is 1. The topological polar surface area (TPSA) is 164 Å². The van der Waals surface area contributed by atoms with Gasteiger partial charge in [-0.3, -0.25) is 14.5 Å². The Morgan fingerprint density at radius 2 is 1.62 bits per heavy atom. The molecule has 11 nitrogen and oxygen atoms in total. The highest BCUT2D eigenvalue weighted by Crippen LogP contribution is 2.36. The number of likely N-dealkylation sites (N-methyl/N-ethyl adjacent to an activating group) is 1. The van der Waals surface area contributed by atoms with Crippen LogP contribution in [0.25, 0.3) is 10.9 Å². The van der Waals surface area contributed by atoms with Crippen LogP contribution in [0.1, 0.15) is 50.4 Å². The van der Waals surface area contributed by atoms with Crippen LogP contribution < -0.4 is 16.2 Å². The molecule has 50 heavy (non-hydrogen) atoms. The maximum Gasteiger partial charge on any atom is 0.251 e. The molecule has 0 spiro atoms. The molecule has 0 radical (unpaired) electrons. The summed E-state index contributed by atoms with van der Waals surface area (Å²) in [4.78, 5) is 33.5. The molecular formula is C39H39N5O6. The predicted molar refractivity (Wildman–Crippen MR) is 189 cm³/mol. The van der Waals surface area contributed by atoms with E-state index in [1.54, 1.807) is 30.5 Å². The van der Waals surface area contributed by atoms with E-state index < -0.39 is 11.7 Å². The molecule has 2 aromatic heterocycles. The molecular weight excluding hydrogens is 634 g/mol. The summed E-state index contributed by atoms with van der Waals surface area (Å²) in [5.41, 5.74) is 1.76. The number of H-pyrrole nitrogens is 1. The van der Waals surface area contributed by atoms with Crippen LogP contribution >= 0.6 is 0 Å². The molecule has 6 N–H and O–H groups in total. The number of amides is 1. The van der Waals surface area contributed by atoms with Gasteiger partial charge in [0.2, 0.25) is 11.4 Å². The van der Waals surface area contributed by atoms with Crippen LogP contribution in [0.15, 0.2) is 125 Å². The number of carbonyl (C=O) groups is 1. The molecule has 1 unspecified atom stereocenters. The Balaban J connectivity index is 0.972. The molecule has 0 aliphatic carbocycles. The third-order valence-corrected chi connectivity index (χ3v) is 8.60. The van der Waals surface area contributed by atoms with Crippen molar-refractivity contribution < 1.29 is 24.5 Å². The van der Waals surface area contributed by atoms with E-state index in [-0.39, 0.29) is 35.2 Å². The molecule has 1 amide bonds. The van der Waals surface area contributed by atoms with Gasteiger partial charge in [-0.05, 0) is 53.6 Å². The quantitative estimate of drug-likeness (QED) is 0.0995. The first kappa shape index (κ1) is 34.3. The summed E-state index contributed by atoms with van der Waals surface area (Å²) in [6, 6.07) is 31.9. The van der Waals surface area contributed by atoms with E-state index in [0.29, 0.717) is 59.6 Å². The number of benzene rings is 4. The van der Waals surface area contributed by atoms with Crippen LogP contribution in [0.3, 0.4) is 0 Å². The fourth-order valence-corrected chi connectivity index (χ4v) is 5.91. The number of phenolic OH excluding ortho intramolecular Hbond substituents is 1. The highest BCUT2D eigenvalue weighted by atomic mass is 16.4. The van der Waals surface area contributed by atoms with Gasteiger partial charge in [-0.2, -0.15) is 0 Å². The number of carbonyl (C=O) groups excluding carboxylic acids is 1. The number of oxazole rings is 1. The fourth-order valence-electron chi connectivity index (χ4n) is 5.91. The molecule has 256 valence electrons. The maximum atomic E-state index is 12.8. The first-order valence-corrected chi connectivity index (χ1v) is 16.3. The fraction of sp³-hybridized carbons (Fsp3) is 0.205. The first-order valence-electron chi connectivity index (χ1n) is 16.3. The van der Waals surface area contributed by atoms with E-state index >= 15 is 0 Å². The van der Waals surface area contributed by atoms with Crippen molar-refractivity contribution in [1.29, 1.82) is 0 Å². The van der Waals surface area contributed by atoms with Gasteiger partial charge in [-0.1, -0.05) is 78.9 Å². The van der Waals surface area contributed by atoms with E-state index in [1.807, 2.05) is 84.7 Å². The number of aromatic amines is 1. The molecule has 0 aliphatic rings. The summed E-state index contributed by atoms with van der Waals surface area (Å²) in [7, 11) is 1.92. The van der Waals surface area contributed by atoms with Gasteiger partial charge in [0, 0.05) is 43.2 Å². The Labute approximate surface area is 288 Å². The summed E-state index contributed by atoms with van der Waals surface area (Å²) in [6.45, 7) is 2.11. The minimum absolute atomic E-state index is 0.0591. The van der Waals surface area contributed by atoms with Crippen LogP contribution in [-0.2, 0) is 18.7 Å². The third-order valence-electron chi connectivity index (χ3n) is 8.60. The van der Waals surface area contributed by atoms with E-state index in [1.165, 1.54) is 12.1 Å². The van der Waals surface area contributed by atoms with Crippen LogP contribution in [0.5, 0.6) is 5.75 Å². The van der Waals surface area contributed by atoms with Gasteiger partial charge >= 0.3 is 0 Å². The summed E-state index contributed by atoms with van der Waals surface area (Å²) >= 11 is 0. The van der Waals surface area contributed by atoms with Gasteiger partial charge < -0.3 is 35.4 Å². The van der Waals surface area contributed by atoms with Crippen LogP contribution in [0, 0.1) is 0 Å². The number of phenols is 1. The highest BCUT2D eigenvalue weighted by Gasteiger charge is 2.38. The maximum absolute atomic E-state index is 12.8. The molecule has 4 aromatic carbocycles. The second-order valence-corrected chi connectivity index (χ2v) is 12.2. The zero-order valence-corrected chi connectivity index (χ0v) is 27.5. The minimum Gasteiger partial charge on any atom is -0.506 e. The Morgan fingerprint density at radius 1 is 0.940 bits per heavy atom. The standard InChI is InChI=1S/C39H39N5O6/c1-44(25-30-23-42-38(50-30)39(49,28-8-4-2-5-9-28)29-10-6-3-7-11-29)21-20-41-37(48)27-14-12-26(13-15-27)22-40-24-34(46)31-16-18-33(45)36-32(31)17-19-35(47)43-36/h2-19,23,34,40,45-46,49H,20-22,24-25H2,1H3,(H,41,48)(H,43,47). The first-order chi connectivity index (χ1) is 24.2. The van der Waals surface area contributed by atoms with Crippen LogP contribution in [-0.4, -0.2) is 62.8 Å². The molecule has 0 bridgehead atoms. The Morgan fingerprint density at radius 3 is 2.30 bits per heavy atom. The van der Waals surface area contributed by atoms with Crippen molar-refractivity contribution in [1.82, 2.24) is 25.5 Å². The lowest BCUT2D eigenvalue weighted by Gasteiger charge is -2.26. The Kier molecular flexibility index (Phi) is 10.5. The largest absolute Gasteiger partial charge is 0.506 e. The van der Waals surface area contributed by atoms with Gasteiger partial charge in [0.25, 0.3) is 5.91 Å². The SMILES string of the molecule is CN(CCNC(=O)c1ccc(CNCC(O)c2ccc(O)c3[nH]c(=O)ccc23)cc1)Cc1cnc(C(O)(c2ccccc2)c2ccccc2)o1. The number of aromatic nitrogens is 2. The van der Waals surface area contributed by atoms with Gasteiger partial charge in [-0.25, -0.2) is 4.98 Å². The van der Waals surface area contributed by atoms with Gasteiger partial charge in [0.1, 0.15) is 11.5 Å². The summed E-state index contributed by atoms with van der Waals surface area (Å²) in [5.74, 6) is 0.522. The summed E-state index contributed by atoms with van der Waals surface area (Å²) < 4.78 is 6.09. The third kappa shape index (κ3) is 7.66. The molecule has 11 heteroatoms. The van der Waals surface area contributed by atoms with Crippen molar-refractivity contribution in [2.24, 2.45) is 0 Å². The molecule has 1 atom stereocenters. The molecule has 0 saturated heterocycles. The summed E-state index contributed by atoms with van der Waals surface area (Å²) in [5, 5.41) is 39.5. The Hall–Kier alpha value is -5.59. The van der Waals surface area contributed by atoms with Crippen molar-refractivity contribution in [3.63, 3.8) is 0 Å². The van der Waals surface area contributed by atoms with Gasteiger partial charge in [-0.15, -0.1) is 0 Å². The number of rotatable bonds is 14. The van der Waals surface area contributed by atoms with Crippen molar-refractivity contribution >= 4 is 16.8 Å². The van der Waals surface area contributed by atoms with Gasteiger partial charge in [0.15, 0.2) is 5.60 Å². The number of aromatic hydroxyl groups is 1. The smallest absolute Gasteiger partial charge is 0.251 e. The van der Waals surface area contributed by atoms with Crippen molar-refractivity contribution in [3.05, 3.63) is 165 Å². The zero-order valence-electron chi connectivity index (χ0n) is 27.5. The van der Waals surface area contributed by atoms with E-state index in [2.05, 4.69) is 20.6 Å². The monoisotopic (exact) mass is 673 g/mol. The zero-order chi connectivity index (χ0) is 35.1. The molecule has 0 saturated carbocycles. The van der Waals surface area contributed by atoms with Crippen LogP contribution in [0.4, 0.5) is 0 Å². The lowest BCUT2D eigenvalue weighted by atomic mass is 9.86. The number of hydrogen-bond donors (Lipinski definition) is 6. The number of nitrogens with zero attached hydrogens (tertiary/aromatic N) is 2. The van der Waals surface area contributed by atoms with Crippen molar-refractivity contribution in [3.8, 4) is 5.75 Å². The van der Waals surface area contributed by atoms with Crippen LogP contribution in [0.2, 0.25) is 0 Å². The molecule has 2 heterocycles. The lowest BCUT2D eigenvalue weighted by Crippen LogP contribution is -2.32. The molecule has 0 fully saturated rings. The number of aliphatic hydroxyl groups is 2. The van der Waals surface area contributed by atoms with Crippen molar-refractivity contribution in [2.45, 2.75) is 24.8 Å². The molecule has 6 rings (SSSR count). The Bertz CT molecular complexity index is 2060. The normalized spacial score (nSPS) is 12.3. The second-order valence-electron chi connectivity index (χ2n) is 12.2. The van der Waals surface area contributed by atoms with E-state index in [9.17, 15) is 24.9 Å². The number of aliphatic hydroxyl groups excluding tert-OH is 1. The second kappa shape index (κ2) is 15.3. The average Bonchev–Trinajstić information content (AvgIpc) is 3.61.